The van der Waals surface area contributed by atoms with Crippen LogP contribution in [0.2, 0.25) is 0 Å². The summed E-state index contributed by atoms with van der Waals surface area (Å²) in [4.78, 5) is 9.71. The standard InChI is InChI=1S/C9H10O2/c10-8-6-4-2-1-3-5-7-9-11/h8,11H,1-3,9H2. The summed E-state index contributed by atoms with van der Waals surface area (Å²) in [5, 5.41) is 8.26. The normalized spacial score (nSPS) is 7.00. The maximum Gasteiger partial charge on any atom is 0.192 e. The molecule has 0 aliphatic rings. The van der Waals surface area contributed by atoms with Gasteiger partial charge in [0.25, 0.3) is 0 Å². The van der Waals surface area contributed by atoms with Crippen molar-refractivity contribution in [1.29, 1.82) is 0 Å². The fourth-order valence-electron chi connectivity index (χ4n) is 0.523. The van der Waals surface area contributed by atoms with Crippen molar-refractivity contribution in [2.24, 2.45) is 0 Å². The molecule has 0 aliphatic carbocycles. The minimum atomic E-state index is -0.0833. The number of unbranched alkanes of at least 4 members (excludes halogenated alkanes) is 2. The van der Waals surface area contributed by atoms with Crippen molar-refractivity contribution in [3.05, 3.63) is 0 Å². The van der Waals surface area contributed by atoms with Gasteiger partial charge in [0.1, 0.15) is 6.61 Å². The summed E-state index contributed by atoms with van der Waals surface area (Å²) in [6.45, 7) is -0.0833. The summed E-state index contributed by atoms with van der Waals surface area (Å²) >= 11 is 0. The molecular weight excluding hydrogens is 140 g/mol. The molecule has 0 aromatic heterocycles. The number of hydrogen-bond acceptors (Lipinski definition) is 2. The van der Waals surface area contributed by atoms with Crippen LogP contribution in [-0.2, 0) is 4.79 Å². The van der Waals surface area contributed by atoms with Gasteiger partial charge in [-0.05, 0) is 12.3 Å². The zero-order chi connectivity index (χ0) is 8.36. The van der Waals surface area contributed by atoms with E-state index >= 15 is 0 Å². The minimum absolute atomic E-state index is 0.0833. The Balaban J connectivity index is 3.21. The van der Waals surface area contributed by atoms with Crippen molar-refractivity contribution in [3.8, 4) is 23.7 Å². The summed E-state index contributed by atoms with van der Waals surface area (Å²) in [7, 11) is 0. The summed E-state index contributed by atoms with van der Waals surface area (Å²) in [5.74, 6) is 10.3. The third kappa shape index (κ3) is 8.75. The van der Waals surface area contributed by atoms with Gasteiger partial charge in [0.2, 0.25) is 0 Å². The molecule has 0 rings (SSSR count). The number of aliphatic hydroxyl groups is 1. The third-order valence-corrected chi connectivity index (χ3v) is 0.969. The van der Waals surface area contributed by atoms with E-state index in [1.54, 1.807) is 0 Å². The SMILES string of the molecule is O=CC#CCCCC#CCO. The van der Waals surface area contributed by atoms with Crippen LogP contribution in [0.15, 0.2) is 0 Å². The van der Waals surface area contributed by atoms with Gasteiger partial charge < -0.3 is 5.11 Å². The number of carbonyl (C=O) groups excluding carboxylic acids is 1. The van der Waals surface area contributed by atoms with E-state index in [0.29, 0.717) is 12.7 Å². The van der Waals surface area contributed by atoms with Crippen LogP contribution in [0.4, 0.5) is 0 Å². The highest BCUT2D eigenvalue weighted by Gasteiger charge is 1.77. The molecule has 0 amide bonds. The zero-order valence-corrected chi connectivity index (χ0v) is 6.26. The van der Waals surface area contributed by atoms with Crippen molar-refractivity contribution in [2.75, 3.05) is 6.61 Å². The summed E-state index contributed by atoms with van der Waals surface area (Å²) in [5.41, 5.74) is 0. The number of carbonyl (C=O) groups is 1. The molecule has 0 unspecified atom stereocenters. The van der Waals surface area contributed by atoms with Crippen molar-refractivity contribution in [3.63, 3.8) is 0 Å². The topological polar surface area (TPSA) is 37.3 Å². The first-order chi connectivity index (χ1) is 5.41. The Hall–Kier alpha value is -1.25. The lowest BCUT2D eigenvalue weighted by molar-refractivity contribution is -0.103. The van der Waals surface area contributed by atoms with Gasteiger partial charge in [-0.3, -0.25) is 4.79 Å². The average molecular weight is 150 g/mol. The lowest BCUT2D eigenvalue weighted by Crippen LogP contribution is -1.74. The minimum Gasteiger partial charge on any atom is -0.384 e. The Labute approximate surface area is 66.6 Å². The molecule has 0 fully saturated rings. The van der Waals surface area contributed by atoms with Gasteiger partial charge in [0.15, 0.2) is 6.29 Å². The molecule has 0 spiro atoms. The molecule has 58 valence electrons. The quantitative estimate of drug-likeness (QED) is 0.350. The second-order valence-corrected chi connectivity index (χ2v) is 1.80. The van der Waals surface area contributed by atoms with E-state index in [1.807, 2.05) is 0 Å². The van der Waals surface area contributed by atoms with Crippen LogP contribution in [0.1, 0.15) is 19.3 Å². The molecular formula is C9H10O2. The molecule has 0 radical (unpaired) electrons. The predicted molar refractivity (Wildman–Crippen MR) is 42.6 cm³/mol. The van der Waals surface area contributed by atoms with E-state index in [4.69, 9.17) is 5.11 Å². The Bertz CT molecular complexity index is 209. The zero-order valence-electron chi connectivity index (χ0n) is 6.26. The maximum atomic E-state index is 9.71. The van der Waals surface area contributed by atoms with E-state index in [0.717, 1.165) is 12.8 Å². The van der Waals surface area contributed by atoms with E-state index in [1.165, 1.54) is 0 Å². The van der Waals surface area contributed by atoms with E-state index < -0.39 is 0 Å². The lowest BCUT2D eigenvalue weighted by Gasteiger charge is -1.82. The average Bonchev–Trinajstić information content (AvgIpc) is 2.03. The predicted octanol–water partition coefficient (Wildman–Crippen LogP) is 0.355. The van der Waals surface area contributed by atoms with Crippen LogP contribution in [0.3, 0.4) is 0 Å². The first kappa shape index (κ1) is 9.75. The second kappa shape index (κ2) is 8.75. The first-order valence-corrected chi connectivity index (χ1v) is 3.40. The molecule has 0 aromatic carbocycles. The molecule has 2 heteroatoms. The monoisotopic (exact) mass is 150 g/mol. The summed E-state index contributed by atoms with van der Waals surface area (Å²) < 4.78 is 0. The number of rotatable bonds is 2. The van der Waals surface area contributed by atoms with Crippen LogP contribution >= 0.6 is 0 Å². The molecule has 0 saturated heterocycles. The molecule has 2 nitrogen and oxygen atoms in total. The third-order valence-electron chi connectivity index (χ3n) is 0.969. The highest BCUT2D eigenvalue weighted by Crippen LogP contribution is 1.90. The van der Waals surface area contributed by atoms with Crippen molar-refractivity contribution < 1.29 is 9.90 Å². The van der Waals surface area contributed by atoms with Crippen LogP contribution in [0, 0.1) is 23.7 Å². The highest BCUT2D eigenvalue weighted by atomic mass is 16.2. The molecule has 1 N–H and O–H groups in total. The molecule has 0 atom stereocenters. The van der Waals surface area contributed by atoms with Gasteiger partial charge in [-0.15, -0.1) is 5.92 Å². The van der Waals surface area contributed by atoms with Gasteiger partial charge in [-0.2, -0.15) is 0 Å². The van der Waals surface area contributed by atoms with Crippen molar-refractivity contribution in [1.82, 2.24) is 0 Å². The molecule has 11 heavy (non-hydrogen) atoms. The summed E-state index contributed by atoms with van der Waals surface area (Å²) in [6, 6.07) is 0. The smallest absolute Gasteiger partial charge is 0.192 e. The fraction of sp³-hybridized carbons (Fsp3) is 0.444. The Morgan fingerprint density at radius 3 is 2.55 bits per heavy atom. The van der Waals surface area contributed by atoms with E-state index in [-0.39, 0.29) is 6.61 Å². The van der Waals surface area contributed by atoms with Gasteiger partial charge in [-0.1, -0.05) is 11.8 Å². The molecule has 0 heterocycles. The largest absolute Gasteiger partial charge is 0.384 e. The van der Waals surface area contributed by atoms with Crippen LogP contribution in [0.5, 0.6) is 0 Å². The van der Waals surface area contributed by atoms with Gasteiger partial charge in [-0.25, -0.2) is 0 Å². The van der Waals surface area contributed by atoms with Crippen molar-refractivity contribution in [2.45, 2.75) is 19.3 Å². The van der Waals surface area contributed by atoms with Crippen LogP contribution in [0.25, 0.3) is 0 Å². The molecule has 0 aromatic rings. The van der Waals surface area contributed by atoms with Gasteiger partial charge >= 0.3 is 0 Å². The van der Waals surface area contributed by atoms with E-state index in [2.05, 4.69) is 23.7 Å². The Morgan fingerprint density at radius 1 is 1.18 bits per heavy atom. The first-order valence-electron chi connectivity index (χ1n) is 3.40. The second-order valence-electron chi connectivity index (χ2n) is 1.80. The van der Waals surface area contributed by atoms with Gasteiger partial charge in [0.05, 0.1) is 0 Å². The number of hydrogen-bond donors (Lipinski definition) is 1. The fourth-order valence-corrected chi connectivity index (χ4v) is 0.523. The molecule has 0 bridgehead atoms. The number of aliphatic hydroxyl groups excluding tert-OH is 1. The van der Waals surface area contributed by atoms with E-state index in [9.17, 15) is 4.79 Å². The Kier molecular flexibility index (Phi) is 7.76. The van der Waals surface area contributed by atoms with Crippen LogP contribution in [-0.4, -0.2) is 18.0 Å². The number of aldehydes is 1. The van der Waals surface area contributed by atoms with Gasteiger partial charge in [0, 0.05) is 12.8 Å². The lowest BCUT2D eigenvalue weighted by atomic mass is 10.2. The molecule has 0 aliphatic heterocycles. The maximum absolute atomic E-state index is 9.71. The summed E-state index contributed by atoms with van der Waals surface area (Å²) in [6.07, 6.45) is 2.86. The molecule has 0 saturated carbocycles. The highest BCUT2D eigenvalue weighted by molar-refractivity contribution is 5.72. The Morgan fingerprint density at radius 2 is 1.91 bits per heavy atom. The van der Waals surface area contributed by atoms with Crippen LogP contribution < -0.4 is 0 Å². The van der Waals surface area contributed by atoms with Crippen molar-refractivity contribution >= 4 is 6.29 Å².